The second kappa shape index (κ2) is 9.99. The van der Waals surface area contributed by atoms with Gasteiger partial charge in [-0.2, -0.15) is 0 Å². The van der Waals surface area contributed by atoms with Gasteiger partial charge in [0, 0.05) is 0 Å². The van der Waals surface area contributed by atoms with Crippen molar-refractivity contribution in [1.82, 2.24) is 0 Å². The molecule has 0 radical (unpaired) electrons. The van der Waals surface area contributed by atoms with Crippen LogP contribution in [-0.2, 0) is 20.0 Å². The van der Waals surface area contributed by atoms with E-state index in [0.717, 1.165) is 0 Å². The van der Waals surface area contributed by atoms with Crippen molar-refractivity contribution in [3.8, 4) is 0 Å². The van der Waals surface area contributed by atoms with Gasteiger partial charge in [-0.3, -0.25) is 0 Å². The van der Waals surface area contributed by atoms with E-state index in [-0.39, 0.29) is 0 Å². The third-order valence-corrected chi connectivity index (χ3v) is 33.6. The normalized spacial score (nSPS) is 21.2. The molecule has 1 aliphatic heterocycles. The summed E-state index contributed by atoms with van der Waals surface area (Å²) in [4.78, 5) is 0. The van der Waals surface area contributed by atoms with Crippen molar-refractivity contribution >= 4 is 32.7 Å². The molecule has 0 aromatic heterocycles. The average Bonchev–Trinajstić information content (AvgIpc) is 3.43. The van der Waals surface area contributed by atoms with E-state index < -0.39 is 20.0 Å². The van der Waals surface area contributed by atoms with Gasteiger partial charge in [0.2, 0.25) is 0 Å². The molecule has 0 amide bonds. The molecule has 0 spiro atoms. The number of rotatable bonds is 6. The van der Waals surface area contributed by atoms with Crippen LogP contribution in [0.3, 0.4) is 0 Å². The van der Waals surface area contributed by atoms with Crippen molar-refractivity contribution in [3.05, 3.63) is 106 Å². The molecule has 0 N–H and O–H groups in total. The number of hydrogen-bond acceptors (Lipinski definition) is 0. The summed E-state index contributed by atoms with van der Waals surface area (Å²) in [5.74, 6) is 0. The zero-order valence-electron chi connectivity index (χ0n) is 24.2. The van der Waals surface area contributed by atoms with E-state index in [4.69, 9.17) is 0 Å². The predicted molar refractivity (Wildman–Crippen MR) is 167 cm³/mol. The van der Waals surface area contributed by atoms with Crippen LogP contribution in [0.4, 0.5) is 0 Å². The van der Waals surface area contributed by atoms with Crippen molar-refractivity contribution in [2.75, 3.05) is 0 Å². The molecule has 4 aromatic carbocycles. The van der Waals surface area contributed by atoms with Crippen molar-refractivity contribution < 1.29 is 20.0 Å². The first-order valence-corrected chi connectivity index (χ1v) is 24.8. The van der Waals surface area contributed by atoms with Crippen LogP contribution in [0.5, 0.6) is 0 Å². The number of hydrogen-bond donors (Lipinski definition) is 0. The minimum absolute atomic E-state index is 0.710. The molecule has 198 valence electrons. The van der Waals surface area contributed by atoms with Crippen LogP contribution in [0.2, 0.25) is 8.35 Å². The van der Waals surface area contributed by atoms with Crippen LogP contribution in [0.1, 0.15) is 95.8 Å². The quantitative estimate of drug-likeness (QED) is 0.178. The van der Waals surface area contributed by atoms with Crippen LogP contribution in [0.25, 0.3) is 32.7 Å². The first-order chi connectivity index (χ1) is 19.1. The Kier molecular flexibility index (Phi) is 6.58. The van der Waals surface area contributed by atoms with Gasteiger partial charge in [-0.25, -0.2) is 0 Å². The SMILES string of the molecule is CCC[CH2][Hf]1([CH2]CCC)[CH]2C(C)=C(CCC3=C(C)[CH]1c1ccc4ccccc4c13)c1c2ccc2ccccc12. The van der Waals surface area contributed by atoms with E-state index in [1.807, 2.05) is 0 Å². The zero-order chi connectivity index (χ0) is 26.7. The summed E-state index contributed by atoms with van der Waals surface area (Å²) in [6.07, 6.45) is 7.78. The number of fused-ring (bicyclic) bond motifs is 12. The first-order valence-electron chi connectivity index (χ1n) is 15.5. The second-order valence-electron chi connectivity index (χ2n) is 12.6. The summed E-state index contributed by atoms with van der Waals surface area (Å²) >= 11 is -3.21. The van der Waals surface area contributed by atoms with Gasteiger partial charge in [-0.1, -0.05) is 0 Å². The minimum atomic E-state index is -3.21. The first kappa shape index (κ1) is 25.7. The standard InChI is InChI=1S/C30H24.2C4H9.Hf/c1-19-17-23-13-11-21-7-3-5-9-27(21)29(23)25(19)15-16-26-20(2)18-24-14-12-22-8-4-6-10-28(22)30(24)26;2*1-3-4-2;/h3-14,17-18H,15-16H2,1-2H3;2*1,3-4H2,2H3;. The Morgan fingerprint density at radius 1 is 0.590 bits per heavy atom. The monoisotopic (exact) mass is 678 g/mol. The van der Waals surface area contributed by atoms with Crippen LogP contribution in [0.15, 0.2) is 83.9 Å². The molecule has 7 rings (SSSR count). The Morgan fingerprint density at radius 2 is 1.03 bits per heavy atom. The summed E-state index contributed by atoms with van der Waals surface area (Å²) in [6, 6.07) is 28.5. The maximum atomic E-state index is 2.59. The van der Waals surface area contributed by atoms with Gasteiger partial charge in [0.25, 0.3) is 0 Å². The third kappa shape index (κ3) is 3.71. The molecule has 2 atom stereocenters. The fourth-order valence-electron chi connectivity index (χ4n) is 9.20. The number of benzene rings is 4. The fourth-order valence-corrected chi connectivity index (χ4v) is 36.3. The van der Waals surface area contributed by atoms with E-state index in [9.17, 15) is 0 Å². The van der Waals surface area contributed by atoms with Crippen LogP contribution in [0, 0.1) is 0 Å². The molecule has 0 saturated heterocycles. The molecule has 2 aliphatic carbocycles. The molecular formula is C38H42Hf. The molecule has 2 unspecified atom stereocenters. The van der Waals surface area contributed by atoms with Crippen LogP contribution < -0.4 is 0 Å². The average molecular weight is 677 g/mol. The van der Waals surface area contributed by atoms with Gasteiger partial charge >= 0.3 is 241 Å². The summed E-state index contributed by atoms with van der Waals surface area (Å²) < 4.78 is 4.46. The van der Waals surface area contributed by atoms with Gasteiger partial charge in [0.1, 0.15) is 0 Å². The topological polar surface area (TPSA) is 0 Å². The van der Waals surface area contributed by atoms with Gasteiger partial charge < -0.3 is 0 Å². The maximum absolute atomic E-state index is 3.21. The molecule has 0 fully saturated rings. The van der Waals surface area contributed by atoms with Crippen LogP contribution in [-0.4, -0.2) is 0 Å². The van der Waals surface area contributed by atoms with E-state index in [1.54, 1.807) is 44.5 Å². The van der Waals surface area contributed by atoms with Gasteiger partial charge in [-0.05, 0) is 0 Å². The Balaban J connectivity index is 1.56. The summed E-state index contributed by atoms with van der Waals surface area (Å²) in [5, 5.41) is 5.83. The van der Waals surface area contributed by atoms with Crippen molar-refractivity contribution in [2.45, 2.75) is 81.9 Å². The van der Waals surface area contributed by atoms with E-state index >= 15 is 0 Å². The summed E-state index contributed by atoms with van der Waals surface area (Å²) in [5.41, 5.74) is 13.7. The molecule has 1 heteroatoms. The second-order valence-corrected chi connectivity index (χ2v) is 29.2. The molecule has 4 bridgehead atoms. The van der Waals surface area contributed by atoms with Crippen LogP contribution >= 0.6 is 0 Å². The van der Waals surface area contributed by atoms with Crippen molar-refractivity contribution in [1.29, 1.82) is 0 Å². The molecule has 4 aromatic rings. The molecule has 3 aliphatic rings. The Bertz CT molecular complexity index is 1540. The zero-order valence-corrected chi connectivity index (χ0v) is 27.8. The number of unbranched alkanes of at least 4 members (excludes halogenated alkanes) is 2. The summed E-state index contributed by atoms with van der Waals surface area (Å²) in [6.45, 7) is 9.99. The molecular weight excluding hydrogens is 635 g/mol. The van der Waals surface area contributed by atoms with E-state index in [0.29, 0.717) is 7.35 Å². The van der Waals surface area contributed by atoms with Gasteiger partial charge in [-0.15, -0.1) is 0 Å². The van der Waals surface area contributed by atoms with Gasteiger partial charge in [0.05, 0.1) is 0 Å². The fraction of sp³-hybridized carbons (Fsp3) is 0.368. The molecule has 1 heterocycles. The van der Waals surface area contributed by atoms with Crippen molar-refractivity contribution in [3.63, 3.8) is 0 Å². The molecule has 39 heavy (non-hydrogen) atoms. The number of allylic oxidation sites excluding steroid dienone is 4. The van der Waals surface area contributed by atoms with Gasteiger partial charge in [0.15, 0.2) is 0 Å². The Morgan fingerprint density at radius 3 is 1.46 bits per heavy atom. The molecule has 0 saturated carbocycles. The Hall–Kier alpha value is -2.25. The van der Waals surface area contributed by atoms with Crippen molar-refractivity contribution in [2.24, 2.45) is 0 Å². The molecule has 0 nitrogen and oxygen atoms in total. The van der Waals surface area contributed by atoms with E-state index in [1.165, 1.54) is 68.4 Å². The van der Waals surface area contributed by atoms with E-state index in [2.05, 4.69) is 100 Å². The third-order valence-electron chi connectivity index (χ3n) is 10.7. The summed E-state index contributed by atoms with van der Waals surface area (Å²) in [7, 11) is 0. The Labute approximate surface area is 239 Å². The predicted octanol–water partition coefficient (Wildman–Crippen LogP) is 11.7.